The molecule has 0 spiro atoms. The molecule has 0 atom stereocenters. The van der Waals surface area contributed by atoms with Crippen LogP contribution in [0.1, 0.15) is 42.5 Å². The number of hydrogen-bond donors (Lipinski definition) is 0. The number of hydrogen-bond acceptors (Lipinski definition) is 2. The molecule has 0 aromatic heterocycles. The minimum absolute atomic E-state index is 0.106. The number of rotatable bonds is 5. The summed E-state index contributed by atoms with van der Waals surface area (Å²) >= 11 is 0. The molecule has 1 heterocycles. The summed E-state index contributed by atoms with van der Waals surface area (Å²) in [6.07, 6.45) is 3.36. The summed E-state index contributed by atoms with van der Waals surface area (Å²) < 4.78 is 5.81. The molecule has 2 nitrogen and oxygen atoms in total. The quantitative estimate of drug-likeness (QED) is 0.783. The molecule has 0 saturated heterocycles. The maximum atomic E-state index is 5.81. The van der Waals surface area contributed by atoms with E-state index < -0.39 is 0 Å². The third-order valence-electron chi connectivity index (χ3n) is 4.27. The van der Waals surface area contributed by atoms with Gasteiger partial charge in [-0.15, -0.1) is 0 Å². The van der Waals surface area contributed by atoms with E-state index in [1.165, 1.54) is 16.7 Å². The maximum Gasteiger partial charge on any atom is 0.217 e. The Hall–Kier alpha value is -2.09. The van der Waals surface area contributed by atoms with Gasteiger partial charge in [-0.25, -0.2) is 4.99 Å². The minimum atomic E-state index is -0.106. The molecule has 1 aliphatic rings. The summed E-state index contributed by atoms with van der Waals surface area (Å²) in [5.74, 6) is 0.803. The SMILES string of the molecule is Cc1ccc(CCCc2ccccc2)cc1C1=NC(C)(C)CO1. The average molecular weight is 307 g/mol. The van der Waals surface area contributed by atoms with Crippen LogP contribution < -0.4 is 0 Å². The van der Waals surface area contributed by atoms with Crippen molar-refractivity contribution in [1.82, 2.24) is 0 Å². The molecular weight excluding hydrogens is 282 g/mol. The summed E-state index contributed by atoms with van der Waals surface area (Å²) in [6.45, 7) is 7.01. The zero-order chi connectivity index (χ0) is 16.3. The van der Waals surface area contributed by atoms with Gasteiger partial charge in [0.15, 0.2) is 0 Å². The second-order valence-electron chi connectivity index (χ2n) is 7.01. The molecule has 2 heteroatoms. The van der Waals surface area contributed by atoms with Crippen LogP contribution in [0.5, 0.6) is 0 Å². The van der Waals surface area contributed by atoms with Gasteiger partial charge in [0.1, 0.15) is 6.61 Å². The first-order chi connectivity index (χ1) is 11.0. The summed E-state index contributed by atoms with van der Waals surface area (Å²) in [7, 11) is 0. The molecule has 0 bridgehead atoms. The van der Waals surface area contributed by atoms with Crippen molar-refractivity contribution in [1.29, 1.82) is 0 Å². The smallest absolute Gasteiger partial charge is 0.217 e. The van der Waals surface area contributed by atoms with E-state index in [0.717, 1.165) is 30.7 Å². The maximum absolute atomic E-state index is 5.81. The van der Waals surface area contributed by atoms with Crippen molar-refractivity contribution < 1.29 is 4.74 Å². The van der Waals surface area contributed by atoms with E-state index in [1.807, 2.05) is 0 Å². The predicted octanol–water partition coefficient (Wildman–Crippen LogP) is 4.73. The Morgan fingerprint density at radius 2 is 1.74 bits per heavy atom. The third kappa shape index (κ3) is 4.01. The summed E-state index contributed by atoms with van der Waals surface area (Å²) in [5.41, 5.74) is 5.04. The van der Waals surface area contributed by atoms with Gasteiger partial charge in [-0.05, 0) is 62.8 Å². The van der Waals surface area contributed by atoms with Crippen molar-refractivity contribution in [3.05, 3.63) is 70.8 Å². The highest BCUT2D eigenvalue weighted by Crippen LogP contribution is 2.23. The van der Waals surface area contributed by atoms with Crippen molar-refractivity contribution in [3.63, 3.8) is 0 Å². The Balaban J connectivity index is 1.68. The van der Waals surface area contributed by atoms with Gasteiger partial charge in [0.2, 0.25) is 5.90 Å². The van der Waals surface area contributed by atoms with E-state index in [1.54, 1.807) is 0 Å². The first kappa shape index (κ1) is 15.8. The fourth-order valence-electron chi connectivity index (χ4n) is 2.92. The lowest BCUT2D eigenvalue weighted by molar-refractivity contribution is 0.279. The molecule has 3 rings (SSSR count). The van der Waals surface area contributed by atoms with Gasteiger partial charge in [-0.1, -0.05) is 42.5 Å². The molecule has 2 aromatic carbocycles. The molecule has 0 saturated carbocycles. The van der Waals surface area contributed by atoms with Crippen LogP contribution in [0, 0.1) is 6.92 Å². The molecule has 1 aliphatic heterocycles. The lowest BCUT2D eigenvalue weighted by atomic mass is 9.99. The van der Waals surface area contributed by atoms with Crippen molar-refractivity contribution in [2.75, 3.05) is 6.61 Å². The van der Waals surface area contributed by atoms with E-state index in [2.05, 4.69) is 69.3 Å². The number of aliphatic imine (C=N–C) groups is 1. The molecule has 0 unspecified atom stereocenters. The fraction of sp³-hybridized carbons (Fsp3) is 0.381. The van der Waals surface area contributed by atoms with Crippen molar-refractivity contribution >= 4 is 5.90 Å². The van der Waals surface area contributed by atoms with Gasteiger partial charge in [-0.3, -0.25) is 0 Å². The van der Waals surface area contributed by atoms with Crippen molar-refractivity contribution in [2.24, 2.45) is 4.99 Å². The zero-order valence-electron chi connectivity index (χ0n) is 14.3. The standard InChI is InChI=1S/C21H25NO/c1-16-12-13-18(11-7-10-17-8-5-4-6-9-17)14-19(16)20-22-21(2,3)15-23-20/h4-6,8-9,12-14H,7,10-11,15H2,1-3H3. The second-order valence-corrected chi connectivity index (χ2v) is 7.01. The highest BCUT2D eigenvalue weighted by molar-refractivity contribution is 5.97. The van der Waals surface area contributed by atoms with Crippen LogP contribution in [-0.2, 0) is 17.6 Å². The average Bonchev–Trinajstić information content (AvgIpc) is 2.90. The number of aryl methyl sites for hydroxylation is 3. The Kier molecular flexibility index (Phi) is 4.51. The molecule has 23 heavy (non-hydrogen) atoms. The molecule has 2 aromatic rings. The molecule has 0 fully saturated rings. The summed E-state index contributed by atoms with van der Waals surface area (Å²) in [6, 6.07) is 17.3. The van der Waals surface area contributed by atoms with Gasteiger partial charge in [0.05, 0.1) is 5.54 Å². The molecule has 0 aliphatic carbocycles. The van der Waals surface area contributed by atoms with Gasteiger partial charge >= 0.3 is 0 Å². The Bertz CT molecular complexity index is 701. The van der Waals surface area contributed by atoms with Crippen LogP contribution in [0.3, 0.4) is 0 Å². The number of ether oxygens (including phenoxy) is 1. The first-order valence-electron chi connectivity index (χ1n) is 8.40. The van der Waals surface area contributed by atoms with E-state index in [9.17, 15) is 0 Å². The highest BCUT2D eigenvalue weighted by atomic mass is 16.5. The van der Waals surface area contributed by atoms with Gasteiger partial charge in [0.25, 0.3) is 0 Å². The monoisotopic (exact) mass is 307 g/mol. The molecular formula is C21H25NO. The lowest BCUT2D eigenvalue weighted by Crippen LogP contribution is -2.17. The molecule has 0 amide bonds. The summed E-state index contributed by atoms with van der Waals surface area (Å²) in [4.78, 5) is 4.71. The van der Waals surface area contributed by atoms with E-state index >= 15 is 0 Å². The fourth-order valence-corrected chi connectivity index (χ4v) is 2.92. The molecule has 0 N–H and O–H groups in total. The first-order valence-corrected chi connectivity index (χ1v) is 8.40. The lowest BCUT2D eigenvalue weighted by Gasteiger charge is -2.09. The second kappa shape index (κ2) is 6.57. The van der Waals surface area contributed by atoms with Crippen LogP contribution in [0.2, 0.25) is 0 Å². The Labute approximate surface area is 139 Å². The van der Waals surface area contributed by atoms with Crippen LogP contribution in [0.4, 0.5) is 0 Å². The molecule has 0 radical (unpaired) electrons. The zero-order valence-corrected chi connectivity index (χ0v) is 14.3. The van der Waals surface area contributed by atoms with Gasteiger partial charge in [0, 0.05) is 5.56 Å². The largest absolute Gasteiger partial charge is 0.475 e. The van der Waals surface area contributed by atoms with Crippen LogP contribution in [-0.4, -0.2) is 18.0 Å². The third-order valence-corrected chi connectivity index (χ3v) is 4.27. The number of nitrogens with zero attached hydrogens (tertiary/aromatic N) is 1. The number of benzene rings is 2. The van der Waals surface area contributed by atoms with E-state index in [-0.39, 0.29) is 5.54 Å². The van der Waals surface area contributed by atoms with Crippen LogP contribution in [0.15, 0.2) is 53.5 Å². The minimum Gasteiger partial charge on any atom is -0.475 e. The topological polar surface area (TPSA) is 21.6 Å². The molecule has 120 valence electrons. The van der Waals surface area contributed by atoms with Crippen molar-refractivity contribution in [3.8, 4) is 0 Å². The normalized spacial score (nSPS) is 16.0. The Morgan fingerprint density at radius 3 is 2.43 bits per heavy atom. The van der Waals surface area contributed by atoms with Crippen molar-refractivity contribution in [2.45, 2.75) is 45.6 Å². The highest BCUT2D eigenvalue weighted by Gasteiger charge is 2.27. The Morgan fingerprint density at radius 1 is 1.00 bits per heavy atom. The van der Waals surface area contributed by atoms with Crippen LogP contribution >= 0.6 is 0 Å². The van der Waals surface area contributed by atoms with Crippen LogP contribution in [0.25, 0.3) is 0 Å². The van der Waals surface area contributed by atoms with E-state index in [4.69, 9.17) is 9.73 Å². The predicted molar refractivity (Wildman–Crippen MR) is 96.2 cm³/mol. The van der Waals surface area contributed by atoms with Gasteiger partial charge in [-0.2, -0.15) is 0 Å². The summed E-state index contributed by atoms with van der Waals surface area (Å²) in [5, 5.41) is 0. The van der Waals surface area contributed by atoms with E-state index in [0.29, 0.717) is 6.61 Å². The van der Waals surface area contributed by atoms with Gasteiger partial charge < -0.3 is 4.74 Å².